The molecule has 1 aromatic heterocycles. The number of methoxy groups -OCH3 is 1. The van der Waals surface area contributed by atoms with Crippen molar-refractivity contribution in [2.24, 2.45) is 0 Å². The summed E-state index contributed by atoms with van der Waals surface area (Å²) in [6, 6.07) is 8.14. The fourth-order valence-corrected chi connectivity index (χ4v) is 2.55. The average molecular weight is 375 g/mol. The molecule has 27 heavy (non-hydrogen) atoms. The largest absolute Gasteiger partial charge is 0.491 e. The Morgan fingerprint density at radius 1 is 1.26 bits per heavy atom. The summed E-state index contributed by atoms with van der Waals surface area (Å²) in [5, 5.41) is 2.67. The quantitative estimate of drug-likeness (QED) is 0.621. The second-order valence-electron chi connectivity index (χ2n) is 6.14. The molecule has 1 heterocycles. The minimum atomic E-state index is -0.462. The average Bonchev–Trinajstić information content (AvgIpc) is 2.65. The first-order valence-corrected chi connectivity index (χ1v) is 8.99. The number of nitrogens with two attached hydrogens (primary N) is 1. The van der Waals surface area contributed by atoms with E-state index in [1.807, 2.05) is 0 Å². The van der Waals surface area contributed by atoms with E-state index >= 15 is 0 Å². The van der Waals surface area contributed by atoms with Crippen molar-refractivity contribution in [3.05, 3.63) is 53.0 Å². The second-order valence-corrected chi connectivity index (χ2v) is 6.14. The van der Waals surface area contributed by atoms with Gasteiger partial charge < -0.3 is 20.5 Å². The van der Waals surface area contributed by atoms with Crippen LogP contribution in [0.4, 0.5) is 10.2 Å². The van der Waals surface area contributed by atoms with Crippen molar-refractivity contribution in [1.82, 2.24) is 10.3 Å². The van der Waals surface area contributed by atoms with Crippen LogP contribution >= 0.6 is 0 Å². The first-order valence-electron chi connectivity index (χ1n) is 8.99. The van der Waals surface area contributed by atoms with Crippen LogP contribution in [0, 0.1) is 5.82 Å². The Kier molecular flexibility index (Phi) is 8.00. The molecule has 3 N–H and O–H groups in total. The number of pyridine rings is 1. The number of hydrogen-bond acceptors (Lipinski definition) is 5. The van der Waals surface area contributed by atoms with Crippen molar-refractivity contribution in [2.75, 3.05) is 19.5 Å². The van der Waals surface area contributed by atoms with Gasteiger partial charge in [-0.3, -0.25) is 4.79 Å². The molecule has 0 saturated heterocycles. The molecule has 0 saturated carbocycles. The number of nitrogens with one attached hydrogen (secondary N) is 1. The highest BCUT2D eigenvalue weighted by molar-refractivity contribution is 5.98. The van der Waals surface area contributed by atoms with E-state index in [1.54, 1.807) is 37.4 Å². The lowest BCUT2D eigenvalue weighted by Crippen LogP contribution is -2.25. The molecule has 0 aliphatic rings. The van der Waals surface area contributed by atoms with Crippen LogP contribution in [0.2, 0.25) is 0 Å². The molecule has 0 aliphatic carbocycles. The smallest absolute Gasteiger partial charge is 0.255 e. The molecule has 6 nitrogen and oxygen atoms in total. The number of aromatic nitrogens is 1. The molecular weight excluding hydrogens is 349 g/mol. The predicted molar refractivity (Wildman–Crippen MR) is 102 cm³/mol. The lowest BCUT2D eigenvalue weighted by atomic mass is 10.1. The maximum absolute atomic E-state index is 14.5. The summed E-state index contributed by atoms with van der Waals surface area (Å²) in [5.41, 5.74) is 7.05. The number of anilines is 1. The van der Waals surface area contributed by atoms with E-state index in [2.05, 4.69) is 17.2 Å². The third-order valence-electron chi connectivity index (χ3n) is 4.01. The molecule has 0 bridgehead atoms. The molecule has 2 rings (SSSR count). The zero-order valence-corrected chi connectivity index (χ0v) is 15.8. The lowest BCUT2D eigenvalue weighted by Gasteiger charge is -2.12. The number of carbonyl (C=O) groups excluding carboxylic acids is 1. The Labute approximate surface area is 158 Å². The first-order chi connectivity index (χ1) is 13.1. The van der Waals surface area contributed by atoms with Gasteiger partial charge in [0.25, 0.3) is 5.91 Å². The summed E-state index contributed by atoms with van der Waals surface area (Å²) in [4.78, 5) is 16.4. The second kappa shape index (κ2) is 10.5. The van der Waals surface area contributed by atoms with Crippen LogP contribution in [0.3, 0.4) is 0 Å². The highest BCUT2D eigenvalue weighted by atomic mass is 19.1. The summed E-state index contributed by atoms with van der Waals surface area (Å²) in [5.74, 6) is -0.577. The number of nitrogen functional groups attached to an aromatic ring is 1. The van der Waals surface area contributed by atoms with E-state index in [0.29, 0.717) is 24.5 Å². The van der Waals surface area contributed by atoms with Gasteiger partial charge in [0, 0.05) is 19.2 Å². The van der Waals surface area contributed by atoms with Crippen LogP contribution in [0.15, 0.2) is 30.3 Å². The van der Waals surface area contributed by atoms with Crippen molar-refractivity contribution in [2.45, 2.75) is 39.3 Å². The maximum Gasteiger partial charge on any atom is 0.255 e. The monoisotopic (exact) mass is 375 g/mol. The number of hydrogen-bond donors (Lipinski definition) is 2. The normalized spacial score (nSPS) is 10.6. The fourth-order valence-electron chi connectivity index (χ4n) is 2.55. The lowest BCUT2D eigenvalue weighted by molar-refractivity contribution is 0.0951. The Balaban J connectivity index is 1.98. The van der Waals surface area contributed by atoms with Crippen LogP contribution in [0.25, 0.3) is 0 Å². The van der Waals surface area contributed by atoms with Crippen LogP contribution in [-0.4, -0.2) is 24.6 Å². The molecule has 0 fully saturated rings. The van der Waals surface area contributed by atoms with Gasteiger partial charge >= 0.3 is 0 Å². The van der Waals surface area contributed by atoms with Crippen molar-refractivity contribution >= 4 is 11.7 Å². The van der Waals surface area contributed by atoms with Crippen molar-refractivity contribution in [1.29, 1.82) is 0 Å². The third kappa shape index (κ3) is 5.92. The molecule has 1 amide bonds. The third-order valence-corrected chi connectivity index (χ3v) is 4.01. The molecule has 0 aliphatic heterocycles. The molecule has 0 unspecified atom stereocenters. The van der Waals surface area contributed by atoms with Gasteiger partial charge in [-0.15, -0.1) is 0 Å². The van der Waals surface area contributed by atoms with Crippen LogP contribution < -0.4 is 15.8 Å². The Morgan fingerprint density at radius 2 is 2.07 bits per heavy atom. The molecule has 7 heteroatoms. The molecule has 1 aromatic carbocycles. The predicted octanol–water partition coefficient (Wildman–Crippen LogP) is 3.45. The minimum Gasteiger partial charge on any atom is -0.491 e. The number of ether oxygens (including phenoxy) is 2. The Morgan fingerprint density at radius 3 is 2.78 bits per heavy atom. The highest BCUT2D eigenvalue weighted by Gasteiger charge is 2.14. The molecule has 146 valence electrons. The topological polar surface area (TPSA) is 86.5 Å². The number of benzene rings is 1. The molecular formula is C20H26FN3O3. The van der Waals surface area contributed by atoms with Crippen molar-refractivity contribution in [3.63, 3.8) is 0 Å². The van der Waals surface area contributed by atoms with E-state index in [0.717, 1.165) is 19.3 Å². The van der Waals surface area contributed by atoms with Crippen LogP contribution in [0.5, 0.6) is 5.75 Å². The number of halogens is 1. The summed E-state index contributed by atoms with van der Waals surface area (Å²) < 4.78 is 25.0. The Hall–Kier alpha value is -2.67. The molecule has 2 aromatic rings. The standard InChI is InChI=1S/C20H26FN3O3/c1-3-4-5-11-27-17-8-6-7-14(18(17)21)12-23-20(25)16-10-9-15(13-26-2)24-19(16)22/h6-10H,3-5,11-13H2,1-2H3,(H2,22,24)(H,23,25). The summed E-state index contributed by atoms with van der Waals surface area (Å²) in [6.45, 7) is 2.90. The summed E-state index contributed by atoms with van der Waals surface area (Å²) in [6.07, 6.45) is 2.99. The zero-order chi connectivity index (χ0) is 19.6. The van der Waals surface area contributed by atoms with Crippen molar-refractivity contribution < 1.29 is 18.7 Å². The van der Waals surface area contributed by atoms with E-state index in [4.69, 9.17) is 15.2 Å². The van der Waals surface area contributed by atoms with E-state index in [9.17, 15) is 9.18 Å². The van der Waals surface area contributed by atoms with Gasteiger partial charge in [0.2, 0.25) is 0 Å². The molecule has 0 spiro atoms. The maximum atomic E-state index is 14.5. The van der Waals surface area contributed by atoms with Crippen LogP contribution in [-0.2, 0) is 17.9 Å². The summed E-state index contributed by atoms with van der Waals surface area (Å²) >= 11 is 0. The van der Waals surface area contributed by atoms with Gasteiger partial charge in [-0.2, -0.15) is 0 Å². The number of carbonyl (C=O) groups is 1. The minimum absolute atomic E-state index is 0.0239. The zero-order valence-electron chi connectivity index (χ0n) is 15.8. The first kappa shape index (κ1) is 20.6. The van der Waals surface area contributed by atoms with E-state index < -0.39 is 11.7 Å². The summed E-state index contributed by atoms with van der Waals surface area (Å²) in [7, 11) is 1.55. The van der Waals surface area contributed by atoms with Gasteiger partial charge in [-0.05, 0) is 24.6 Å². The van der Waals surface area contributed by atoms with Gasteiger partial charge in [0.1, 0.15) is 5.82 Å². The van der Waals surface area contributed by atoms with E-state index in [-0.39, 0.29) is 23.7 Å². The molecule has 0 atom stereocenters. The number of rotatable bonds is 10. The van der Waals surface area contributed by atoms with Gasteiger partial charge in [-0.25, -0.2) is 9.37 Å². The SMILES string of the molecule is CCCCCOc1cccc(CNC(=O)c2ccc(COC)nc2N)c1F. The number of nitrogens with zero attached hydrogens (tertiary/aromatic N) is 1. The molecule has 0 radical (unpaired) electrons. The number of amides is 1. The van der Waals surface area contributed by atoms with Gasteiger partial charge in [0.15, 0.2) is 11.6 Å². The van der Waals surface area contributed by atoms with E-state index in [1.165, 1.54) is 0 Å². The highest BCUT2D eigenvalue weighted by Crippen LogP contribution is 2.21. The van der Waals surface area contributed by atoms with Crippen LogP contribution in [0.1, 0.15) is 47.8 Å². The van der Waals surface area contributed by atoms with Gasteiger partial charge in [0.05, 0.1) is 24.5 Å². The van der Waals surface area contributed by atoms with Gasteiger partial charge in [-0.1, -0.05) is 31.9 Å². The van der Waals surface area contributed by atoms with Crippen molar-refractivity contribution in [3.8, 4) is 5.75 Å². The number of unbranched alkanes of at least 4 members (excludes halogenated alkanes) is 2. The Bertz CT molecular complexity index is 768. The fraction of sp³-hybridized carbons (Fsp3) is 0.400.